The van der Waals surface area contributed by atoms with Crippen LogP contribution in [0.4, 0.5) is 0 Å². The molecule has 0 aromatic rings. The monoisotopic (exact) mass is 107 g/mol. The van der Waals surface area contributed by atoms with E-state index in [1.165, 1.54) is 5.57 Å². The summed E-state index contributed by atoms with van der Waals surface area (Å²) in [6.07, 6.45) is 4.30. The van der Waals surface area contributed by atoms with Gasteiger partial charge in [-0.15, -0.1) is 0 Å². The molecule has 1 heteroatoms. The molecule has 1 rings (SSSR count). The Hall–Kier alpha value is -0.433. The molecule has 0 aromatic heterocycles. The number of rotatable bonds is 0. The topological polar surface area (TPSA) is 0 Å². The normalized spacial score (nSPS) is 17.0. The standard InChI is InChI=1S/C6H7Si/c1-6-2-4-7-5-3-6/h2-5H,1H3. The molecule has 0 N–H and O–H groups in total. The molecule has 0 unspecified atom stereocenters. The van der Waals surface area contributed by atoms with Crippen LogP contribution in [0.3, 0.4) is 0 Å². The summed E-state index contributed by atoms with van der Waals surface area (Å²) in [6.45, 7) is 2.11. The van der Waals surface area contributed by atoms with Gasteiger partial charge in [0, 0.05) is 0 Å². The molecule has 0 bridgehead atoms. The Kier molecular flexibility index (Phi) is 1.37. The maximum Gasteiger partial charge on any atom is 0.0505 e. The van der Waals surface area contributed by atoms with Crippen molar-refractivity contribution in [2.24, 2.45) is 0 Å². The van der Waals surface area contributed by atoms with Crippen LogP contribution in [0, 0.1) is 0 Å². The molecule has 1 aliphatic heterocycles. The zero-order chi connectivity index (χ0) is 5.11. The number of allylic oxidation sites excluding steroid dienone is 3. The van der Waals surface area contributed by atoms with Gasteiger partial charge in [0.1, 0.15) is 0 Å². The van der Waals surface area contributed by atoms with E-state index in [4.69, 9.17) is 0 Å². The van der Waals surface area contributed by atoms with Gasteiger partial charge in [0.25, 0.3) is 0 Å². The predicted molar refractivity (Wildman–Crippen MR) is 34.7 cm³/mol. The second kappa shape index (κ2) is 2.03. The Morgan fingerprint density at radius 3 is 2.71 bits per heavy atom. The summed E-state index contributed by atoms with van der Waals surface area (Å²) < 4.78 is 0. The summed E-state index contributed by atoms with van der Waals surface area (Å²) in [5.41, 5.74) is 5.74. The predicted octanol–water partition coefficient (Wildman–Crippen LogP) is 0.966. The molecule has 0 spiro atoms. The summed E-state index contributed by atoms with van der Waals surface area (Å²) in [7, 11) is 0.906. The van der Waals surface area contributed by atoms with Crippen LogP contribution in [0.2, 0.25) is 0 Å². The first-order chi connectivity index (χ1) is 3.39. The maximum atomic E-state index is 2.19. The highest BCUT2D eigenvalue weighted by Gasteiger charge is 1.79. The van der Waals surface area contributed by atoms with Crippen LogP contribution in [0.1, 0.15) is 6.92 Å². The fourth-order valence-corrected chi connectivity index (χ4v) is 1.30. The lowest BCUT2D eigenvalue weighted by atomic mass is 10.3. The minimum Gasteiger partial charge on any atom is -0.0770 e. The van der Waals surface area contributed by atoms with Gasteiger partial charge < -0.3 is 0 Å². The third-order valence-electron chi connectivity index (χ3n) is 0.885. The summed E-state index contributed by atoms with van der Waals surface area (Å²) in [6, 6.07) is 0. The average molecular weight is 107 g/mol. The van der Waals surface area contributed by atoms with Gasteiger partial charge >= 0.3 is 0 Å². The van der Waals surface area contributed by atoms with Gasteiger partial charge in [0.15, 0.2) is 0 Å². The number of hydrogen-bond donors (Lipinski definition) is 0. The molecule has 0 saturated carbocycles. The molecule has 0 atom stereocenters. The van der Waals surface area contributed by atoms with Gasteiger partial charge in [0.2, 0.25) is 0 Å². The van der Waals surface area contributed by atoms with Crippen molar-refractivity contribution < 1.29 is 0 Å². The molecule has 1 radical (unpaired) electrons. The van der Waals surface area contributed by atoms with E-state index in [-0.39, 0.29) is 0 Å². The van der Waals surface area contributed by atoms with Crippen LogP contribution >= 0.6 is 0 Å². The van der Waals surface area contributed by atoms with Crippen molar-refractivity contribution in [3.8, 4) is 0 Å². The fourth-order valence-electron chi connectivity index (χ4n) is 0.470. The van der Waals surface area contributed by atoms with Crippen LogP contribution < -0.4 is 0 Å². The van der Waals surface area contributed by atoms with Crippen LogP contribution in [0.5, 0.6) is 0 Å². The molecule has 0 fully saturated rings. The molecule has 0 aromatic carbocycles. The minimum absolute atomic E-state index is 0.906. The molecule has 35 valence electrons. The highest BCUT2D eigenvalue weighted by atomic mass is 28.2. The maximum absolute atomic E-state index is 2.19. The highest BCUT2D eigenvalue weighted by Crippen LogP contribution is 1.92. The Morgan fingerprint density at radius 1 is 1.57 bits per heavy atom. The zero-order valence-corrected chi connectivity index (χ0v) is 5.31. The van der Waals surface area contributed by atoms with E-state index in [0.717, 1.165) is 9.13 Å². The summed E-state index contributed by atoms with van der Waals surface area (Å²) in [5.74, 6) is 0. The van der Waals surface area contributed by atoms with Crippen LogP contribution in [-0.4, -0.2) is 14.8 Å². The number of hydrogen-bond acceptors (Lipinski definition) is 0. The van der Waals surface area contributed by atoms with E-state index in [1.807, 2.05) is 0 Å². The van der Waals surface area contributed by atoms with Crippen LogP contribution in [-0.2, 0) is 0 Å². The van der Waals surface area contributed by atoms with Gasteiger partial charge in [-0.05, 0) is 6.92 Å². The van der Waals surface area contributed by atoms with Crippen molar-refractivity contribution in [2.45, 2.75) is 6.92 Å². The van der Waals surface area contributed by atoms with E-state index >= 15 is 0 Å². The minimum atomic E-state index is 0.906. The first kappa shape index (κ1) is 4.72. The van der Waals surface area contributed by atoms with E-state index in [2.05, 4.69) is 30.4 Å². The van der Waals surface area contributed by atoms with E-state index in [0.29, 0.717) is 0 Å². The quantitative estimate of drug-likeness (QED) is 0.405. The van der Waals surface area contributed by atoms with Crippen molar-refractivity contribution in [3.05, 3.63) is 23.4 Å². The highest BCUT2D eigenvalue weighted by molar-refractivity contribution is 6.54. The van der Waals surface area contributed by atoms with Gasteiger partial charge in [-0.25, -0.2) is 0 Å². The summed E-state index contributed by atoms with van der Waals surface area (Å²) in [5, 5.41) is 0. The lowest BCUT2D eigenvalue weighted by Crippen LogP contribution is -1.82. The van der Waals surface area contributed by atoms with E-state index < -0.39 is 0 Å². The summed E-state index contributed by atoms with van der Waals surface area (Å²) >= 11 is 0. The van der Waals surface area contributed by atoms with Gasteiger partial charge in [-0.3, -0.25) is 0 Å². The van der Waals surface area contributed by atoms with Crippen LogP contribution in [0.15, 0.2) is 23.4 Å². The Morgan fingerprint density at radius 2 is 2.43 bits per heavy atom. The second-order valence-corrected chi connectivity index (χ2v) is 2.58. The van der Waals surface area contributed by atoms with Crippen molar-refractivity contribution in [1.29, 1.82) is 0 Å². The van der Waals surface area contributed by atoms with Gasteiger partial charge in [0.05, 0.1) is 9.13 Å². The SMILES string of the molecule is CC1=CC=[Si]C=C1. The van der Waals surface area contributed by atoms with Crippen molar-refractivity contribution in [1.82, 2.24) is 0 Å². The molecular weight excluding hydrogens is 100 g/mol. The molecule has 7 heavy (non-hydrogen) atoms. The first-order valence-electron chi connectivity index (χ1n) is 2.32. The average Bonchev–Trinajstić information content (AvgIpc) is 1.69. The summed E-state index contributed by atoms with van der Waals surface area (Å²) in [4.78, 5) is 0. The molecule has 0 aliphatic carbocycles. The lowest BCUT2D eigenvalue weighted by Gasteiger charge is -1.88. The second-order valence-electron chi connectivity index (χ2n) is 1.58. The molecule has 1 aliphatic rings. The van der Waals surface area contributed by atoms with Crippen molar-refractivity contribution >= 4 is 14.8 Å². The van der Waals surface area contributed by atoms with Gasteiger partial charge in [-0.2, -0.15) is 0 Å². The molecule has 0 saturated heterocycles. The Balaban J connectivity index is 2.82. The molecule has 0 amide bonds. The Bertz CT molecular complexity index is 140. The first-order valence-corrected chi connectivity index (χ1v) is 3.48. The van der Waals surface area contributed by atoms with E-state index in [1.54, 1.807) is 0 Å². The van der Waals surface area contributed by atoms with Gasteiger partial charge in [-0.1, -0.05) is 29.1 Å². The zero-order valence-electron chi connectivity index (χ0n) is 4.31. The van der Waals surface area contributed by atoms with E-state index in [9.17, 15) is 0 Å². The third kappa shape index (κ3) is 1.24. The molecule has 1 heterocycles. The molecule has 0 nitrogen and oxygen atoms in total. The fraction of sp³-hybridized carbons (Fsp3) is 0.167. The van der Waals surface area contributed by atoms with Crippen LogP contribution in [0.25, 0.3) is 0 Å². The Labute approximate surface area is 46.0 Å². The van der Waals surface area contributed by atoms with Crippen molar-refractivity contribution in [2.75, 3.05) is 0 Å². The smallest absolute Gasteiger partial charge is 0.0505 e. The lowest BCUT2D eigenvalue weighted by molar-refractivity contribution is 1.55. The largest absolute Gasteiger partial charge is 0.0770 e. The molecular formula is C6H7Si. The van der Waals surface area contributed by atoms with Crippen molar-refractivity contribution in [3.63, 3.8) is 0 Å². The third-order valence-corrected chi connectivity index (χ3v) is 1.60.